The van der Waals surface area contributed by atoms with E-state index in [2.05, 4.69) is 0 Å². The van der Waals surface area contributed by atoms with Crippen molar-refractivity contribution in [3.63, 3.8) is 0 Å². The summed E-state index contributed by atoms with van der Waals surface area (Å²) < 4.78 is 10.7. The second kappa shape index (κ2) is 4.42. The van der Waals surface area contributed by atoms with Gasteiger partial charge in [0.1, 0.15) is 11.6 Å². The third-order valence-corrected chi connectivity index (χ3v) is 3.21. The molecule has 2 fully saturated rings. The Labute approximate surface area is 106 Å². The molecule has 0 aromatic carbocycles. The van der Waals surface area contributed by atoms with E-state index in [9.17, 15) is 14.7 Å². The van der Waals surface area contributed by atoms with E-state index in [1.165, 1.54) is 4.90 Å². The van der Waals surface area contributed by atoms with Gasteiger partial charge in [0.15, 0.2) is 0 Å². The van der Waals surface area contributed by atoms with Crippen LogP contribution in [0.4, 0.5) is 4.79 Å². The van der Waals surface area contributed by atoms with Crippen LogP contribution < -0.4 is 0 Å². The largest absolute Gasteiger partial charge is 0.480 e. The van der Waals surface area contributed by atoms with Gasteiger partial charge in [-0.1, -0.05) is 0 Å². The van der Waals surface area contributed by atoms with Crippen molar-refractivity contribution < 1.29 is 24.2 Å². The number of amides is 1. The highest BCUT2D eigenvalue weighted by molar-refractivity contribution is 5.81. The Morgan fingerprint density at radius 2 is 2.06 bits per heavy atom. The van der Waals surface area contributed by atoms with Gasteiger partial charge in [0.2, 0.25) is 0 Å². The van der Waals surface area contributed by atoms with Gasteiger partial charge in [-0.2, -0.15) is 0 Å². The van der Waals surface area contributed by atoms with Crippen LogP contribution in [0.3, 0.4) is 0 Å². The lowest BCUT2D eigenvalue weighted by molar-refractivity contribution is -0.142. The second-order valence-electron chi connectivity index (χ2n) is 5.74. The zero-order chi connectivity index (χ0) is 13.5. The summed E-state index contributed by atoms with van der Waals surface area (Å²) in [7, 11) is 0. The predicted octanol–water partition coefficient (Wildman–Crippen LogP) is 1.24. The van der Waals surface area contributed by atoms with Crippen molar-refractivity contribution in [2.45, 2.75) is 57.4 Å². The first-order valence-corrected chi connectivity index (χ1v) is 6.15. The fraction of sp³-hybridized carbons (Fsp3) is 0.833. The Hall–Kier alpha value is -1.30. The minimum atomic E-state index is -1.00. The first-order chi connectivity index (χ1) is 8.29. The Morgan fingerprint density at radius 3 is 2.61 bits per heavy atom. The van der Waals surface area contributed by atoms with Gasteiger partial charge in [0, 0.05) is 13.0 Å². The number of carbonyl (C=O) groups is 2. The molecule has 0 bridgehead atoms. The minimum Gasteiger partial charge on any atom is -0.480 e. The molecule has 6 nitrogen and oxygen atoms in total. The van der Waals surface area contributed by atoms with Gasteiger partial charge < -0.3 is 14.6 Å². The maximum atomic E-state index is 12.1. The smallest absolute Gasteiger partial charge is 0.411 e. The number of aliphatic carboxylic acids is 1. The molecule has 2 aliphatic rings. The number of carbonyl (C=O) groups excluding carboxylic acids is 1. The molecule has 2 aliphatic heterocycles. The number of hydrogen-bond acceptors (Lipinski definition) is 4. The van der Waals surface area contributed by atoms with E-state index >= 15 is 0 Å². The summed E-state index contributed by atoms with van der Waals surface area (Å²) in [5.41, 5.74) is -0.627. The molecule has 0 aromatic heterocycles. The molecule has 0 saturated carbocycles. The van der Waals surface area contributed by atoms with Gasteiger partial charge in [0.05, 0.1) is 12.1 Å². The third kappa shape index (κ3) is 2.43. The Bertz CT molecular complexity index is 362. The van der Waals surface area contributed by atoms with Gasteiger partial charge in [-0.05, 0) is 27.2 Å². The number of fused-ring (bicyclic) bond motifs is 1. The van der Waals surface area contributed by atoms with Gasteiger partial charge in [0.25, 0.3) is 0 Å². The van der Waals surface area contributed by atoms with Crippen molar-refractivity contribution in [2.75, 3.05) is 6.61 Å². The number of carboxylic acids is 1. The van der Waals surface area contributed by atoms with Crippen LogP contribution in [-0.2, 0) is 14.3 Å². The van der Waals surface area contributed by atoms with Crippen molar-refractivity contribution in [2.24, 2.45) is 0 Å². The first kappa shape index (κ1) is 13.1. The van der Waals surface area contributed by atoms with Crippen LogP contribution in [0.1, 0.15) is 33.6 Å². The summed E-state index contributed by atoms with van der Waals surface area (Å²) in [6.45, 7) is 5.86. The topological polar surface area (TPSA) is 76.1 Å². The van der Waals surface area contributed by atoms with Crippen LogP contribution in [-0.4, -0.2) is 52.5 Å². The number of nitrogens with zero attached hydrogens (tertiary/aromatic N) is 1. The van der Waals surface area contributed by atoms with Crippen molar-refractivity contribution in [1.29, 1.82) is 0 Å². The molecule has 0 spiro atoms. The number of hydrogen-bond donors (Lipinski definition) is 1. The zero-order valence-corrected chi connectivity index (χ0v) is 10.9. The van der Waals surface area contributed by atoms with E-state index in [-0.39, 0.29) is 12.1 Å². The maximum absolute atomic E-state index is 12.1. The van der Waals surface area contributed by atoms with Crippen molar-refractivity contribution >= 4 is 12.1 Å². The molecule has 3 unspecified atom stereocenters. The fourth-order valence-electron chi connectivity index (χ4n) is 2.54. The standard InChI is InChI=1S/C12H19NO5/c1-12(2,3)18-11(16)13-7-4-5-17-9(7)6-8(13)10(14)15/h7-9H,4-6H2,1-3H3,(H,14,15). The molecule has 2 rings (SSSR count). The van der Waals surface area contributed by atoms with Crippen molar-refractivity contribution in [3.05, 3.63) is 0 Å². The lowest BCUT2D eigenvalue weighted by Gasteiger charge is -2.30. The number of likely N-dealkylation sites (tertiary alicyclic amines) is 1. The SMILES string of the molecule is CC(C)(C)OC(=O)N1C(C(=O)O)CC2OCCC21. The zero-order valence-electron chi connectivity index (χ0n) is 10.9. The van der Waals surface area contributed by atoms with Crippen molar-refractivity contribution in [3.8, 4) is 0 Å². The van der Waals surface area contributed by atoms with Crippen LogP contribution in [0.5, 0.6) is 0 Å². The van der Waals surface area contributed by atoms with E-state index in [0.717, 1.165) is 0 Å². The van der Waals surface area contributed by atoms with E-state index in [4.69, 9.17) is 9.47 Å². The maximum Gasteiger partial charge on any atom is 0.411 e. The summed E-state index contributed by atoms with van der Waals surface area (Å²) in [4.78, 5) is 24.6. The van der Waals surface area contributed by atoms with Gasteiger partial charge in [-0.25, -0.2) is 9.59 Å². The quantitative estimate of drug-likeness (QED) is 0.764. The average Bonchev–Trinajstić information content (AvgIpc) is 2.70. The number of rotatable bonds is 1. The van der Waals surface area contributed by atoms with Crippen LogP contribution in [0, 0.1) is 0 Å². The first-order valence-electron chi connectivity index (χ1n) is 6.15. The van der Waals surface area contributed by atoms with Crippen LogP contribution >= 0.6 is 0 Å². The molecule has 1 amide bonds. The molecule has 1 N–H and O–H groups in total. The molecule has 0 aromatic rings. The number of carboxylic acid groups (broad SMARTS) is 1. The molecule has 102 valence electrons. The molecule has 0 radical (unpaired) electrons. The molecule has 2 saturated heterocycles. The van der Waals surface area contributed by atoms with Crippen molar-refractivity contribution in [1.82, 2.24) is 4.90 Å². The molecule has 18 heavy (non-hydrogen) atoms. The fourth-order valence-corrected chi connectivity index (χ4v) is 2.54. The summed E-state index contributed by atoms with van der Waals surface area (Å²) in [6, 6.07) is -1.00. The summed E-state index contributed by atoms with van der Waals surface area (Å²) >= 11 is 0. The van der Waals surface area contributed by atoms with E-state index in [1.807, 2.05) is 0 Å². The summed E-state index contributed by atoms with van der Waals surface area (Å²) in [6.07, 6.45) is 0.291. The van der Waals surface area contributed by atoms with Crippen LogP contribution in [0.2, 0.25) is 0 Å². The highest BCUT2D eigenvalue weighted by Gasteiger charge is 2.51. The highest BCUT2D eigenvalue weighted by Crippen LogP contribution is 2.34. The average molecular weight is 257 g/mol. The van der Waals surface area contributed by atoms with Gasteiger partial charge in [-0.15, -0.1) is 0 Å². The predicted molar refractivity (Wildman–Crippen MR) is 62.3 cm³/mol. The highest BCUT2D eigenvalue weighted by atomic mass is 16.6. The second-order valence-corrected chi connectivity index (χ2v) is 5.74. The summed E-state index contributed by atoms with van der Waals surface area (Å²) in [5.74, 6) is -1.00. The molecule has 6 heteroatoms. The van der Waals surface area contributed by atoms with Gasteiger partial charge in [-0.3, -0.25) is 4.90 Å². The number of ether oxygens (including phenoxy) is 2. The van der Waals surface area contributed by atoms with E-state index in [0.29, 0.717) is 19.4 Å². The molecular formula is C12H19NO5. The molecule has 0 aliphatic carbocycles. The summed E-state index contributed by atoms with van der Waals surface area (Å²) in [5, 5.41) is 9.18. The van der Waals surface area contributed by atoms with E-state index < -0.39 is 23.7 Å². The minimum absolute atomic E-state index is 0.166. The Morgan fingerprint density at radius 1 is 1.39 bits per heavy atom. The molecule has 2 heterocycles. The normalized spacial score (nSPS) is 31.3. The molecule has 3 atom stereocenters. The van der Waals surface area contributed by atoms with Crippen LogP contribution in [0.15, 0.2) is 0 Å². The molecular weight excluding hydrogens is 238 g/mol. The monoisotopic (exact) mass is 257 g/mol. The Balaban J connectivity index is 2.16. The lowest BCUT2D eigenvalue weighted by Crippen LogP contribution is -2.47. The third-order valence-electron chi connectivity index (χ3n) is 3.21. The lowest BCUT2D eigenvalue weighted by atomic mass is 10.1. The van der Waals surface area contributed by atoms with Crippen LogP contribution in [0.25, 0.3) is 0 Å². The Kier molecular flexibility index (Phi) is 3.23. The van der Waals surface area contributed by atoms with E-state index in [1.54, 1.807) is 20.8 Å². The van der Waals surface area contributed by atoms with Gasteiger partial charge >= 0.3 is 12.1 Å².